The molecule has 2 aliphatic heterocycles. The van der Waals surface area contributed by atoms with Gasteiger partial charge in [0, 0.05) is 25.1 Å². The van der Waals surface area contributed by atoms with Crippen molar-refractivity contribution >= 4 is 5.82 Å². The first-order chi connectivity index (χ1) is 11.4. The summed E-state index contributed by atoms with van der Waals surface area (Å²) >= 11 is 0. The van der Waals surface area contributed by atoms with Crippen molar-refractivity contribution in [3.63, 3.8) is 0 Å². The Morgan fingerprint density at radius 1 is 1.33 bits per heavy atom. The maximum atomic E-state index is 13.0. The maximum Gasteiger partial charge on any atom is 0.433 e. The standard InChI is InChI=1S/C16H18F3N3O2/c17-16(18,19)14-4-3-10(8-20)15(21-14)22-6-1-2-12(22)11-9-24-7-5-13(11)23/h3-4,11-13,23H,1-2,5-7,9H2/t11-,12-,13+/m1/s1. The summed E-state index contributed by atoms with van der Waals surface area (Å²) in [5.41, 5.74) is -0.899. The van der Waals surface area contributed by atoms with Crippen LogP contribution in [0.3, 0.4) is 0 Å². The van der Waals surface area contributed by atoms with Crippen LogP contribution in [-0.4, -0.2) is 42.0 Å². The molecule has 8 heteroatoms. The molecular weight excluding hydrogens is 323 g/mol. The molecule has 0 spiro atoms. The molecule has 24 heavy (non-hydrogen) atoms. The van der Waals surface area contributed by atoms with E-state index in [1.54, 1.807) is 4.90 Å². The predicted molar refractivity (Wildman–Crippen MR) is 79.3 cm³/mol. The monoisotopic (exact) mass is 341 g/mol. The smallest absolute Gasteiger partial charge is 0.393 e. The summed E-state index contributed by atoms with van der Waals surface area (Å²) in [4.78, 5) is 5.46. The van der Waals surface area contributed by atoms with Crippen molar-refractivity contribution < 1.29 is 23.0 Å². The molecule has 0 aromatic carbocycles. The highest BCUT2D eigenvalue weighted by Gasteiger charge is 2.40. The van der Waals surface area contributed by atoms with Gasteiger partial charge in [0.1, 0.15) is 17.6 Å². The third-order valence-electron chi connectivity index (χ3n) is 4.71. The SMILES string of the molecule is N#Cc1ccc(C(F)(F)F)nc1N1CCC[C@@H]1[C@H]1COCC[C@@H]1O. The van der Waals surface area contributed by atoms with Crippen LogP contribution in [0.15, 0.2) is 12.1 Å². The molecule has 2 aliphatic rings. The van der Waals surface area contributed by atoms with E-state index in [0.717, 1.165) is 25.0 Å². The Morgan fingerprint density at radius 2 is 2.12 bits per heavy atom. The molecule has 1 N–H and O–H groups in total. The zero-order valence-electron chi connectivity index (χ0n) is 13.0. The fourth-order valence-electron chi connectivity index (χ4n) is 3.53. The molecule has 0 saturated carbocycles. The van der Waals surface area contributed by atoms with Crippen LogP contribution >= 0.6 is 0 Å². The average Bonchev–Trinajstić information content (AvgIpc) is 3.03. The second-order valence-corrected chi connectivity index (χ2v) is 6.17. The normalized spacial score (nSPS) is 28.0. The van der Waals surface area contributed by atoms with Gasteiger partial charge in [-0.2, -0.15) is 18.4 Å². The van der Waals surface area contributed by atoms with Crippen molar-refractivity contribution in [2.24, 2.45) is 5.92 Å². The molecule has 1 aromatic heterocycles. The molecule has 3 rings (SSSR count). The zero-order chi connectivity index (χ0) is 17.3. The van der Waals surface area contributed by atoms with Gasteiger partial charge in [-0.25, -0.2) is 4.98 Å². The minimum absolute atomic E-state index is 0.0487. The number of hydrogen-bond donors (Lipinski definition) is 1. The Labute approximate surface area is 137 Å². The van der Waals surface area contributed by atoms with Gasteiger partial charge in [-0.05, 0) is 31.4 Å². The highest BCUT2D eigenvalue weighted by molar-refractivity contribution is 5.56. The van der Waals surface area contributed by atoms with Crippen LogP contribution in [0.4, 0.5) is 19.0 Å². The number of aliphatic hydroxyl groups excluding tert-OH is 1. The summed E-state index contributed by atoms with van der Waals surface area (Å²) < 4.78 is 44.4. The number of aliphatic hydroxyl groups is 1. The molecule has 1 aromatic rings. The Balaban J connectivity index is 1.95. The fraction of sp³-hybridized carbons (Fsp3) is 0.625. The van der Waals surface area contributed by atoms with Crippen molar-refractivity contribution in [3.05, 3.63) is 23.4 Å². The largest absolute Gasteiger partial charge is 0.433 e. The number of pyridine rings is 1. The first kappa shape index (κ1) is 17.0. The number of hydrogen-bond acceptors (Lipinski definition) is 5. The van der Waals surface area contributed by atoms with Crippen LogP contribution < -0.4 is 4.90 Å². The van der Waals surface area contributed by atoms with Crippen LogP contribution in [0.1, 0.15) is 30.5 Å². The second-order valence-electron chi connectivity index (χ2n) is 6.17. The first-order valence-electron chi connectivity index (χ1n) is 7.92. The third kappa shape index (κ3) is 3.19. The van der Waals surface area contributed by atoms with E-state index in [2.05, 4.69) is 4.98 Å². The summed E-state index contributed by atoms with van der Waals surface area (Å²) in [5.74, 6) is -0.142. The van der Waals surface area contributed by atoms with Crippen molar-refractivity contribution in [3.8, 4) is 6.07 Å². The van der Waals surface area contributed by atoms with Gasteiger partial charge < -0.3 is 14.7 Å². The van der Waals surface area contributed by atoms with Crippen LogP contribution in [0.2, 0.25) is 0 Å². The Morgan fingerprint density at radius 3 is 2.79 bits per heavy atom. The van der Waals surface area contributed by atoms with E-state index in [0.29, 0.717) is 26.2 Å². The molecular formula is C16H18F3N3O2. The molecule has 0 aliphatic carbocycles. The number of aromatic nitrogens is 1. The number of halogens is 3. The lowest BCUT2D eigenvalue weighted by Crippen LogP contribution is -2.46. The van der Waals surface area contributed by atoms with Crippen LogP contribution in [-0.2, 0) is 10.9 Å². The summed E-state index contributed by atoms with van der Waals surface area (Å²) in [6.07, 6.45) is -3.10. The third-order valence-corrected chi connectivity index (χ3v) is 4.71. The van der Waals surface area contributed by atoms with Crippen LogP contribution in [0, 0.1) is 17.2 Å². The lowest BCUT2D eigenvalue weighted by molar-refractivity contribution is -0.141. The van der Waals surface area contributed by atoms with Gasteiger partial charge in [0.25, 0.3) is 0 Å². The number of anilines is 1. The summed E-state index contributed by atoms with van der Waals surface area (Å²) in [6.45, 7) is 1.36. The summed E-state index contributed by atoms with van der Waals surface area (Å²) in [6, 6.07) is 3.73. The Hall–Kier alpha value is -1.85. The van der Waals surface area contributed by atoms with E-state index < -0.39 is 18.0 Å². The van der Waals surface area contributed by atoms with E-state index in [4.69, 9.17) is 4.74 Å². The topological polar surface area (TPSA) is 69.4 Å². The summed E-state index contributed by atoms with van der Waals surface area (Å²) in [5, 5.41) is 19.5. The molecule has 0 bridgehead atoms. The molecule has 0 radical (unpaired) electrons. The van der Waals surface area contributed by atoms with Gasteiger partial charge in [0.2, 0.25) is 0 Å². The van der Waals surface area contributed by atoms with Crippen molar-refractivity contribution in [1.82, 2.24) is 4.98 Å². The van der Waals surface area contributed by atoms with Gasteiger partial charge >= 0.3 is 6.18 Å². The van der Waals surface area contributed by atoms with E-state index in [9.17, 15) is 23.5 Å². The molecule has 5 nitrogen and oxygen atoms in total. The molecule has 3 heterocycles. The lowest BCUT2D eigenvalue weighted by atomic mass is 9.89. The number of rotatable bonds is 2. The van der Waals surface area contributed by atoms with Crippen molar-refractivity contribution in [1.29, 1.82) is 5.26 Å². The van der Waals surface area contributed by atoms with Gasteiger partial charge in [0.05, 0.1) is 18.3 Å². The molecule has 130 valence electrons. The van der Waals surface area contributed by atoms with E-state index in [-0.39, 0.29) is 23.3 Å². The second kappa shape index (κ2) is 6.57. The van der Waals surface area contributed by atoms with E-state index in [1.165, 1.54) is 0 Å². The molecule has 0 amide bonds. The highest BCUT2D eigenvalue weighted by atomic mass is 19.4. The highest BCUT2D eigenvalue weighted by Crippen LogP contribution is 2.36. The van der Waals surface area contributed by atoms with E-state index >= 15 is 0 Å². The number of ether oxygens (including phenoxy) is 1. The van der Waals surface area contributed by atoms with Crippen molar-refractivity contribution in [2.75, 3.05) is 24.7 Å². The Bertz CT molecular complexity index is 644. The zero-order valence-corrected chi connectivity index (χ0v) is 13.0. The van der Waals surface area contributed by atoms with Gasteiger partial charge in [0.15, 0.2) is 0 Å². The molecule has 3 atom stereocenters. The minimum atomic E-state index is -4.56. The van der Waals surface area contributed by atoms with Crippen LogP contribution in [0.25, 0.3) is 0 Å². The quantitative estimate of drug-likeness (QED) is 0.894. The average molecular weight is 341 g/mol. The van der Waals surface area contributed by atoms with Crippen molar-refractivity contribution in [2.45, 2.75) is 37.6 Å². The molecule has 2 fully saturated rings. The molecule has 2 saturated heterocycles. The maximum absolute atomic E-state index is 13.0. The predicted octanol–water partition coefficient (Wildman–Crippen LogP) is 2.34. The summed E-state index contributed by atoms with van der Waals surface area (Å²) in [7, 11) is 0. The van der Waals surface area contributed by atoms with Crippen LogP contribution in [0.5, 0.6) is 0 Å². The lowest BCUT2D eigenvalue weighted by Gasteiger charge is -2.37. The Kier molecular flexibility index (Phi) is 4.65. The number of nitriles is 1. The van der Waals surface area contributed by atoms with Gasteiger partial charge in [-0.3, -0.25) is 0 Å². The fourth-order valence-corrected chi connectivity index (χ4v) is 3.53. The van der Waals surface area contributed by atoms with Gasteiger partial charge in [-0.1, -0.05) is 0 Å². The van der Waals surface area contributed by atoms with E-state index in [1.807, 2.05) is 6.07 Å². The first-order valence-corrected chi connectivity index (χ1v) is 7.92. The minimum Gasteiger partial charge on any atom is -0.393 e. The molecule has 0 unspecified atom stereocenters. The number of nitrogens with zero attached hydrogens (tertiary/aromatic N) is 3. The number of alkyl halides is 3. The van der Waals surface area contributed by atoms with Gasteiger partial charge in [-0.15, -0.1) is 0 Å².